The van der Waals surface area contributed by atoms with Gasteiger partial charge >= 0.3 is 0 Å². The summed E-state index contributed by atoms with van der Waals surface area (Å²) < 4.78 is 12.6. The second-order valence-corrected chi connectivity index (χ2v) is 12.3. The van der Waals surface area contributed by atoms with E-state index in [4.69, 9.17) is 9.47 Å². The quantitative estimate of drug-likeness (QED) is 0.222. The van der Waals surface area contributed by atoms with Gasteiger partial charge in [-0.05, 0) is 72.0 Å². The molecule has 4 rings (SSSR count). The maximum absolute atomic E-state index is 14.1. The van der Waals surface area contributed by atoms with Crippen LogP contribution in [0.25, 0.3) is 0 Å². The van der Waals surface area contributed by atoms with Crippen molar-refractivity contribution in [1.82, 2.24) is 10.2 Å². The topological polar surface area (TPSA) is 129 Å². The summed E-state index contributed by atoms with van der Waals surface area (Å²) >= 11 is 2.10. The first-order chi connectivity index (χ1) is 19.4. The molecular formula is C30H43IN2O7. The van der Waals surface area contributed by atoms with Crippen LogP contribution in [-0.2, 0) is 16.2 Å². The van der Waals surface area contributed by atoms with Crippen molar-refractivity contribution in [2.75, 3.05) is 20.3 Å². The van der Waals surface area contributed by atoms with Crippen molar-refractivity contribution >= 4 is 34.4 Å². The molecule has 3 aliphatic rings. The maximum atomic E-state index is 14.1. The van der Waals surface area contributed by atoms with E-state index >= 15 is 0 Å². The monoisotopic (exact) mass is 670 g/mol. The molecule has 0 heterocycles. The summed E-state index contributed by atoms with van der Waals surface area (Å²) in [5, 5.41) is 33.5. The number of hydrogen-bond donors (Lipinski definition) is 4. The zero-order valence-electron chi connectivity index (χ0n) is 23.3. The van der Waals surface area contributed by atoms with Crippen LogP contribution in [0.5, 0.6) is 11.5 Å². The number of rotatable bonds is 10. The van der Waals surface area contributed by atoms with Crippen LogP contribution in [0.15, 0.2) is 23.8 Å². The fourth-order valence-electron chi connectivity index (χ4n) is 6.40. The Bertz CT molecular complexity index is 1050. The van der Waals surface area contributed by atoms with Crippen LogP contribution in [0.2, 0.25) is 0 Å². The molecule has 3 atom stereocenters. The molecule has 3 aliphatic carbocycles. The number of carbonyl (C=O) groups excluding carboxylic acids is 2. The minimum absolute atomic E-state index is 0.00858. The number of halogens is 1. The van der Waals surface area contributed by atoms with Crippen LogP contribution >= 0.6 is 22.6 Å². The van der Waals surface area contributed by atoms with Gasteiger partial charge in [-0.2, -0.15) is 0 Å². The Morgan fingerprint density at radius 1 is 1.05 bits per heavy atom. The molecule has 0 aromatic heterocycles. The van der Waals surface area contributed by atoms with Crippen molar-refractivity contribution in [3.63, 3.8) is 0 Å². The molecule has 0 spiro atoms. The molecule has 10 heteroatoms. The van der Waals surface area contributed by atoms with E-state index < -0.39 is 18.2 Å². The van der Waals surface area contributed by atoms with E-state index in [1.165, 1.54) is 7.11 Å². The Labute approximate surface area is 250 Å². The van der Waals surface area contributed by atoms with Gasteiger partial charge in [0.2, 0.25) is 11.8 Å². The average Bonchev–Trinajstić information content (AvgIpc) is 3.38. The summed E-state index contributed by atoms with van der Waals surface area (Å²) in [6.07, 6.45) is 9.76. The summed E-state index contributed by atoms with van der Waals surface area (Å²) in [5.41, 5.74) is 1.09. The molecule has 0 aliphatic heterocycles. The van der Waals surface area contributed by atoms with E-state index in [1.807, 2.05) is 4.90 Å². The van der Waals surface area contributed by atoms with Crippen LogP contribution < -0.4 is 14.8 Å². The fraction of sp³-hybridized carbons (Fsp3) is 0.667. The summed E-state index contributed by atoms with van der Waals surface area (Å²) in [5.74, 6) is 0.501. The minimum atomic E-state index is -1.07. The molecule has 1 aromatic carbocycles. The Balaban J connectivity index is 1.72. The second-order valence-electron chi connectivity index (χ2n) is 11.2. The highest BCUT2D eigenvalue weighted by molar-refractivity contribution is 14.1. The van der Waals surface area contributed by atoms with Crippen molar-refractivity contribution < 1.29 is 34.4 Å². The van der Waals surface area contributed by atoms with Gasteiger partial charge in [-0.1, -0.05) is 38.5 Å². The fourth-order valence-corrected chi connectivity index (χ4v) is 7.19. The van der Waals surface area contributed by atoms with Crippen molar-refractivity contribution in [2.45, 2.75) is 102 Å². The van der Waals surface area contributed by atoms with Crippen molar-refractivity contribution in [3.05, 3.63) is 32.9 Å². The number of ether oxygens (including phenoxy) is 2. The zero-order valence-corrected chi connectivity index (χ0v) is 25.5. The highest BCUT2D eigenvalue weighted by atomic mass is 127. The number of benzene rings is 1. The van der Waals surface area contributed by atoms with Gasteiger partial charge in [0.15, 0.2) is 11.5 Å². The molecule has 0 bridgehead atoms. The largest absolute Gasteiger partial charge is 0.493 e. The van der Waals surface area contributed by atoms with Gasteiger partial charge in [0.05, 0.1) is 29.9 Å². The molecule has 2 amide bonds. The molecule has 40 heavy (non-hydrogen) atoms. The Kier molecular flexibility index (Phi) is 11.5. The lowest BCUT2D eigenvalue weighted by Gasteiger charge is -2.45. The molecule has 2 saturated carbocycles. The summed E-state index contributed by atoms with van der Waals surface area (Å²) in [6, 6.07) is 2.85. The smallest absolute Gasteiger partial charge is 0.247 e. The number of amides is 2. The third kappa shape index (κ3) is 7.30. The van der Waals surface area contributed by atoms with Gasteiger partial charge in [-0.15, -0.1) is 0 Å². The SMILES string of the molecule is COc1cc(CO)cc(I)c1O[C@H]1C=C(C(=O)NCCO)C[C@@H](N(C(=O)C2CCCC2)C2CCCCCC2)[C@@H]1O. The average molecular weight is 671 g/mol. The van der Waals surface area contributed by atoms with Crippen LogP contribution in [0.1, 0.15) is 76.2 Å². The normalized spacial score (nSPS) is 24.2. The predicted octanol–water partition coefficient (Wildman–Crippen LogP) is 3.45. The lowest BCUT2D eigenvalue weighted by molar-refractivity contribution is -0.146. The summed E-state index contributed by atoms with van der Waals surface area (Å²) in [4.78, 5) is 29.2. The molecule has 4 N–H and O–H groups in total. The van der Waals surface area contributed by atoms with E-state index in [9.17, 15) is 24.9 Å². The molecule has 0 radical (unpaired) electrons. The van der Waals surface area contributed by atoms with E-state index in [2.05, 4.69) is 27.9 Å². The molecule has 2 fully saturated rings. The maximum Gasteiger partial charge on any atom is 0.247 e. The third-order valence-electron chi connectivity index (χ3n) is 8.47. The zero-order chi connectivity index (χ0) is 28.6. The van der Waals surface area contributed by atoms with Gasteiger partial charge in [0, 0.05) is 30.5 Å². The highest BCUT2D eigenvalue weighted by Gasteiger charge is 2.45. The third-order valence-corrected chi connectivity index (χ3v) is 9.28. The lowest BCUT2D eigenvalue weighted by Crippen LogP contribution is -2.59. The minimum Gasteiger partial charge on any atom is -0.493 e. The first-order valence-corrected chi connectivity index (χ1v) is 15.7. The van der Waals surface area contributed by atoms with E-state index in [-0.39, 0.29) is 50.0 Å². The van der Waals surface area contributed by atoms with Gasteiger partial charge in [0.1, 0.15) is 12.2 Å². The first-order valence-electron chi connectivity index (χ1n) is 14.6. The van der Waals surface area contributed by atoms with Gasteiger partial charge in [-0.25, -0.2) is 0 Å². The number of nitrogens with one attached hydrogen (secondary N) is 1. The van der Waals surface area contributed by atoms with Crippen LogP contribution in [0, 0.1) is 9.49 Å². The highest BCUT2D eigenvalue weighted by Crippen LogP contribution is 2.39. The van der Waals surface area contributed by atoms with Gasteiger partial charge in [0.25, 0.3) is 0 Å². The number of carbonyl (C=O) groups is 2. The molecule has 1 aromatic rings. The summed E-state index contributed by atoms with van der Waals surface area (Å²) in [6.45, 7) is -0.238. The van der Waals surface area contributed by atoms with Crippen molar-refractivity contribution in [3.8, 4) is 11.5 Å². The van der Waals surface area contributed by atoms with Crippen molar-refractivity contribution in [2.24, 2.45) is 5.92 Å². The number of aliphatic hydroxyl groups excluding tert-OH is 3. The number of hydrogen-bond acceptors (Lipinski definition) is 7. The Morgan fingerprint density at radius 2 is 1.73 bits per heavy atom. The lowest BCUT2D eigenvalue weighted by atomic mass is 9.85. The first kappa shape index (κ1) is 31.1. The van der Waals surface area contributed by atoms with E-state index in [0.717, 1.165) is 64.2 Å². The summed E-state index contributed by atoms with van der Waals surface area (Å²) in [7, 11) is 1.51. The molecular weight excluding hydrogens is 627 g/mol. The molecule has 222 valence electrons. The number of methoxy groups -OCH3 is 1. The Hall–Kier alpha value is -1.89. The van der Waals surface area contributed by atoms with Crippen LogP contribution in [0.3, 0.4) is 0 Å². The number of aliphatic hydroxyl groups is 3. The Morgan fingerprint density at radius 3 is 2.35 bits per heavy atom. The van der Waals surface area contributed by atoms with E-state index in [1.54, 1.807) is 18.2 Å². The van der Waals surface area contributed by atoms with Gasteiger partial charge in [-0.3, -0.25) is 9.59 Å². The van der Waals surface area contributed by atoms with E-state index in [0.29, 0.717) is 26.2 Å². The van der Waals surface area contributed by atoms with Crippen LogP contribution in [-0.4, -0.2) is 76.6 Å². The predicted molar refractivity (Wildman–Crippen MR) is 159 cm³/mol. The standard InChI is InChI=1S/C30H43IN2O7/c1-39-26-15-19(18-35)14-23(31)28(26)40-25-17-21(29(37)32-12-13-34)16-24(27(25)36)33(22-10-4-2-3-5-11-22)30(38)20-8-6-7-9-20/h14-15,17,20,22,24-25,27,34-36H,2-13,16,18H2,1H3,(H,32,37)/t24-,25+,27+/m1/s1. The van der Waals surface area contributed by atoms with Crippen LogP contribution in [0.4, 0.5) is 0 Å². The second kappa shape index (κ2) is 14.8. The molecule has 9 nitrogen and oxygen atoms in total. The van der Waals surface area contributed by atoms with Crippen molar-refractivity contribution in [1.29, 1.82) is 0 Å². The molecule has 0 unspecified atom stereocenters. The molecule has 0 saturated heterocycles. The number of nitrogens with zero attached hydrogens (tertiary/aromatic N) is 1. The van der Waals surface area contributed by atoms with Gasteiger partial charge < -0.3 is 35.0 Å².